The highest BCUT2D eigenvalue weighted by molar-refractivity contribution is 7.71. The van der Waals surface area contributed by atoms with Crippen LogP contribution in [0.3, 0.4) is 0 Å². The maximum Gasteiger partial charge on any atom is 0.178 e. The van der Waals surface area contributed by atoms with E-state index in [9.17, 15) is 0 Å². The standard InChI is InChI=1S/C5H5N3S2/c1-8-4-3(2-6-10-4)7-5(8)9/h2H,1H3,(H,7,9). The molecule has 2 rings (SSSR count). The van der Waals surface area contributed by atoms with Crippen molar-refractivity contribution in [2.45, 2.75) is 0 Å². The van der Waals surface area contributed by atoms with Gasteiger partial charge in [0.2, 0.25) is 0 Å². The topological polar surface area (TPSA) is 33.6 Å². The van der Waals surface area contributed by atoms with Gasteiger partial charge in [-0.2, -0.15) is 4.37 Å². The first kappa shape index (κ1) is 6.06. The first-order valence-corrected chi connectivity index (χ1v) is 3.96. The fourth-order valence-electron chi connectivity index (χ4n) is 0.852. The Hall–Kier alpha value is -0.680. The van der Waals surface area contributed by atoms with Gasteiger partial charge in [0, 0.05) is 7.05 Å². The number of nitrogens with zero attached hydrogens (tertiary/aromatic N) is 2. The van der Waals surface area contributed by atoms with Crippen molar-refractivity contribution in [1.82, 2.24) is 13.9 Å². The van der Waals surface area contributed by atoms with E-state index >= 15 is 0 Å². The molecule has 0 spiro atoms. The Morgan fingerprint density at radius 2 is 2.60 bits per heavy atom. The molecule has 0 aromatic carbocycles. The minimum absolute atomic E-state index is 0.753. The van der Waals surface area contributed by atoms with E-state index in [0.29, 0.717) is 0 Å². The van der Waals surface area contributed by atoms with Crippen molar-refractivity contribution in [1.29, 1.82) is 0 Å². The minimum atomic E-state index is 0.753. The molecule has 0 atom stereocenters. The number of nitrogens with one attached hydrogen (secondary N) is 1. The lowest BCUT2D eigenvalue weighted by atomic mass is 10.6. The Morgan fingerprint density at radius 3 is 3.30 bits per heavy atom. The zero-order chi connectivity index (χ0) is 7.14. The molecular weight excluding hydrogens is 166 g/mol. The monoisotopic (exact) mass is 171 g/mol. The summed E-state index contributed by atoms with van der Waals surface area (Å²) < 4.78 is 6.68. The predicted octanol–water partition coefficient (Wildman–Crippen LogP) is 1.69. The molecule has 10 heavy (non-hydrogen) atoms. The van der Waals surface area contributed by atoms with Crippen LogP contribution in [-0.2, 0) is 7.05 Å². The van der Waals surface area contributed by atoms with E-state index in [2.05, 4.69) is 9.36 Å². The SMILES string of the molecule is Cn1c(=S)[nH]c2cnsc21. The molecule has 0 aliphatic heterocycles. The van der Waals surface area contributed by atoms with Crippen molar-refractivity contribution < 1.29 is 0 Å². The first-order valence-electron chi connectivity index (χ1n) is 2.78. The molecule has 2 heterocycles. The van der Waals surface area contributed by atoms with Crippen molar-refractivity contribution in [3.05, 3.63) is 11.0 Å². The Kier molecular flexibility index (Phi) is 1.15. The largest absolute Gasteiger partial charge is 0.329 e. The number of hydrogen-bond donors (Lipinski definition) is 1. The van der Waals surface area contributed by atoms with Crippen LogP contribution >= 0.6 is 23.8 Å². The summed E-state index contributed by atoms with van der Waals surface area (Å²) >= 11 is 6.44. The summed E-state index contributed by atoms with van der Waals surface area (Å²) in [5.74, 6) is 0. The molecule has 0 amide bonds. The van der Waals surface area contributed by atoms with Crippen LogP contribution in [0.15, 0.2) is 6.20 Å². The number of rotatable bonds is 0. The molecule has 52 valence electrons. The molecule has 0 aliphatic rings. The zero-order valence-electron chi connectivity index (χ0n) is 5.29. The second-order valence-electron chi connectivity index (χ2n) is 2.03. The van der Waals surface area contributed by atoms with Crippen molar-refractivity contribution >= 4 is 34.1 Å². The van der Waals surface area contributed by atoms with E-state index in [1.165, 1.54) is 11.5 Å². The van der Waals surface area contributed by atoms with Crippen molar-refractivity contribution in [3.63, 3.8) is 0 Å². The number of aromatic amines is 1. The van der Waals surface area contributed by atoms with Gasteiger partial charge < -0.3 is 9.55 Å². The number of aromatic nitrogens is 3. The van der Waals surface area contributed by atoms with Crippen molar-refractivity contribution in [2.24, 2.45) is 7.05 Å². The van der Waals surface area contributed by atoms with Crippen LogP contribution in [0.2, 0.25) is 0 Å². The summed E-state index contributed by atoms with van der Waals surface area (Å²) in [7, 11) is 1.93. The zero-order valence-corrected chi connectivity index (χ0v) is 6.92. The summed E-state index contributed by atoms with van der Waals surface area (Å²) in [6.45, 7) is 0. The van der Waals surface area contributed by atoms with E-state index in [1.54, 1.807) is 6.20 Å². The summed E-state index contributed by atoms with van der Waals surface area (Å²) in [6, 6.07) is 0. The fraction of sp³-hybridized carbons (Fsp3) is 0.200. The number of fused-ring (bicyclic) bond motifs is 1. The molecular formula is C5H5N3S2. The molecule has 0 aliphatic carbocycles. The Morgan fingerprint density at radius 1 is 1.80 bits per heavy atom. The third kappa shape index (κ3) is 0.643. The lowest BCUT2D eigenvalue weighted by Crippen LogP contribution is -1.83. The summed E-state index contributed by atoms with van der Waals surface area (Å²) in [4.78, 5) is 4.13. The van der Waals surface area contributed by atoms with Gasteiger partial charge in [-0.25, -0.2) is 0 Å². The number of hydrogen-bond acceptors (Lipinski definition) is 3. The van der Waals surface area contributed by atoms with Gasteiger partial charge in [0.1, 0.15) is 4.83 Å². The van der Waals surface area contributed by atoms with Gasteiger partial charge >= 0.3 is 0 Å². The van der Waals surface area contributed by atoms with Crippen LogP contribution in [0.25, 0.3) is 10.3 Å². The van der Waals surface area contributed by atoms with Gasteiger partial charge in [0.25, 0.3) is 0 Å². The summed E-state index contributed by atoms with van der Waals surface area (Å²) in [5, 5.41) is 0. The molecule has 0 saturated carbocycles. The maximum atomic E-state index is 4.99. The van der Waals surface area contributed by atoms with Gasteiger partial charge in [0.05, 0.1) is 11.7 Å². The number of imidazole rings is 1. The van der Waals surface area contributed by atoms with Gasteiger partial charge in [-0.05, 0) is 23.8 Å². The van der Waals surface area contributed by atoms with Crippen LogP contribution in [-0.4, -0.2) is 13.9 Å². The molecule has 2 aromatic heterocycles. The first-order chi connectivity index (χ1) is 4.79. The molecule has 0 unspecified atom stereocenters. The van der Waals surface area contributed by atoms with Crippen LogP contribution in [0.1, 0.15) is 0 Å². The predicted molar refractivity (Wildman–Crippen MR) is 43.8 cm³/mol. The number of H-pyrrole nitrogens is 1. The second kappa shape index (κ2) is 1.90. The third-order valence-electron chi connectivity index (χ3n) is 1.40. The van der Waals surface area contributed by atoms with Crippen LogP contribution < -0.4 is 0 Å². The highest BCUT2D eigenvalue weighted by Crippen LogP contribution is 2.15. The van der Waals surface area contributed by atoms with Gasteiger partial charge in [0.15, 0.2) is 4.77 Å². The van der Waals surface area contributed by atoms with Crippen molar-refractivity contribution in [2.75, 3.05) is 0 Å². The molecule has 0 radical (unpaired) electrons. The summed E-state index contributed by atoms with van der Waals surface area (Å²) in [6.07, 6.45) is 1.79. The van der Waals surface area contributed by atoms with Gasteiger partial charge in [-0.3, -0.25) is 0 Å². The normalized spacial score (nSPS) is 10.9. The molecule has 0 saturated heterocycles. The van der Waals surface area contributed by atoms with Gasteiger partial charge in [-0.1, -0.05) is 0 Å². The lowest BCUT2D eigenvalue weighted by molar-refractivity contribution is 0.933. The smallest absolute Gasteiger partial charge is 0.178 e. The van der Waals surface area contributed by atoms with Crippen LogP contribution in [0.4, 0.5) is 0 Å². The molecule has 0 bridgehead atoms. The highest BCUT2D eigenvalue weighted by Gasteiger charge is 2.00. The van der Waals surface area contributed by atoms with Crippen LogP contribution in [0, 0.1) is 4.77 Å². The number of aryl methyl sites for hydroxylation is 1. The summed E-state index contributed by atoms with van der Waals surface area (Å²) in [5.41, 5.74) is 1.03. The lowest BCUT2D eigenvalue weighted by Gasteiger charge is -1.84. The fourth-order valence-corrected chi connectivity index (χ4v) is 1.79. The Balaban J connectivity index is 3.09. The van der Waals surface area contributed by atoms with E-state index in [0.717, 1.165) is 15.1 Å². The average Bonchev–Trinajstić information content (AvgIpc) is 2.41. The van der Waals surface area contributed by atoms with Crippen LogP contribution in [0.5, 0.6) is 0 Å². The average molecular weight is 171 g/mol. The van der Waals surface area contributed by atoms with Crippen molar-refractivity contribution in [3.8, 4) is 0 Å². The molecule has 2 aromatic rings. The van der Waals surface area contributed by atoms with E-state index < -0.39 is 0 Å². The van der Waals surface area contributed by atoms with E-state index in [1.807, 2.05) is 11.6 Å². The Labute approximate surface area is 66.5 Å². The quantitative estimate of drug-likeness (QED) is 0.612. The molecule has 1 N–H and O–H groups in total. The third-order valence-corrected chi connectivity index (χ3v) is 2.66. The molecule has 0 fully saturated rings. The molecule has 5 heteroatoms. The highest BCUT2D eigenvalue weighted by atomic mass is 32.1. The van der Waals surface area contributed by atoms with Gasteiger partial charge in [-0.15, -0.1) is 0 Å². The second-order valence-corrected chi connectivity index (χ2v) is 3.20. The van der Waals surface area contributed by atoms with E-state index in [-0.39, 0.29) is 0 Å². The van der Waals surface area contributed by atoms with E-state index in [4.69, 9.17) is 12.2 Å². The Bertz CT molecular complexity index is 408. The minimum Gasteiger partial charge on any atom is -0.329 e. The maximum absolute atomic E-state index is 4.99. The molecule has 3 nitrogen and oxygen atoms in total.